The van der Waals surface area contributed by atoms with Crippen LogP contribution in [0, 0.1) is 20.8 Å². The van der Waals surface area contributed by atoms with Crippen LogP contribution in [0.1, 0.15) is 28.3 Å². The summed E-state index contributed by atoms with van der Waals surface area (Å²) >= 11 is 0. The van der Waals surface area contributed by atoms with Crippen LogP contribution < -0.4 is 10.1 Å². The molecule has 18 heavy (non-hydrogen) atoms. The number of alkyl halides is 3. The quantitative estimate of drug-likeness (QED) is 0.900. The summed E-state index contributed by atoms with van der Waals surface area (Å²) in [5.74, 6) is 0.647. The second-order valence-electron chi connectivity index (χ2n) is 4.33. The van der Waals surface area contributed by atoms with E-state index in [-0.39, 0.29) is 5.56 Å². The third kappa shape index (κ3) is 2.61. The summed E-state index contributed by atoms with van der Waals surface area (Å²) < 4.78 is 44.0. The molecule has 1 aromatic carbocycles. The molecular weight excluding hydrogens is 243 g/mol. The van der Waals surface area contributed by atoms with E-state index >= 15 is 0 Å². The first kappa shape index (κ1) is 14.8. The van der Waals surface area contributed by atoms with Crippen LogP contribution in [0.3, 0.4) is 0 Å². The largest absolute Gasteiger partial charge is 0.496 e. The molecule has 5 heteroatoms. The Morgan fingerprint density at radius 1 is 1.17 bits per heavy atom. The van der Waals surface area contributed by atoms with Gasteiger partial charge in [0.15, 0.2) is 0 Å². The number of benzene rings is 1. The van der Waals surface area contributed by atoms with Gasteiger partial charge in [-0.2, -0.15) is 13.2 Å². The van der Waals surface area contributed by atoms with Crippen molar-refractivity contribution in [2.24, 2.45) is 0 Å². The van der Waals surface area contributed by atoms with Crippen LogP contribution in [-0.2, 0) is 0 Å². The van der Waals surface area contributed by atoms with Crippen LogP contribution >= 0.6 is 0 Å². The molecule has 0 fully saturated rings. The number of ether oxygens (including phenoxy) is 1. The molecule has 1 rings (SSSR count). The number of hydrogen-bond donors (Lipinski definition) is 1. The molecule has 0 amide bonds. The Hall–Kier alpha value is -1.23. The van der Waals surface area contributed by atoms with Gasteiger partial charge in [0.05, 0.1) is 7.11 Å². The Labute approximate surface area is 105 Å². The molecule has 0 radical (unpaired) electrons. The van der Waals surface area contributed by atoms with Gasteiger partial charge in [-0.25, -0.2) is 0 Å². The molecule has 0 saturated heterocycles. The normalized spacial score (nSPS) is 13.6. The summed E-state index contributed by atoms with van der Waals surface area (Å²) in [5.41, 5.74) is 2.31. The lowest BCUT2D eigenvalue weighted by molar-refractivity contribution is -0.156. The summed E-state index contributed by atoms with van der Waals surface area (Å²) in [6.07, 6.45) is -4.31. The summed E-state index contributed by atoms with van der Waals surface area (Å²) in [6.45, 7) is 5.20. The van der Waals surface area contributed by atoms with Gasteiger partial charge in [0.25, 0.3) is 0 Å². The average molecular weight is 261 g/mol. The van der Waals surface area contributed by atoms with Crippen molar-refractivity contribution in [3.8, 4) is 5.75 Å². The van der Waals surface area contributed by atoms with E-state index in [1.807, 2.05) is 0 Å². The SMILES string of the molecule is CNC(c1cc(C)c(OC)c(C)c1C)C(F)(F)F. The maximum absolute atomic E-state index is 12.9. The Morgan fingerprint density at radius 2 is 1.72 bits per heavy atom. The van der Waals surface area contributed by atoms with E-state index in [1.54, 1.807) is 20.8 Å². The van der Waals surface area contributed by atoms with E-state index in [1.165, 1.54) is 20.2 Å². The van der Waals surface area contributed by atoms with Gasteiger partial charge in [0.2, 0.25) is 0 Å². The highest BCUT2D eigenvalue weighted by Gasteiger charge is 2.40. The van der Waals surface area contributed by atoms with Crippen LogP contribution in [0.2, 0.25) is 0 Å². The second kappa shape index (κ2) is 5.18. The zero-order valence-electron chi connectivity index (χ0n) is 11.2. The number of methoxy groups -OCH3 is 1. The molecule has 102 valence electrons. The van der Waals surface area contributed by atoms with Gasteiger partial charge in [-0.05, 0) is 50.1 Å². The maximum Gasteiger partial charge on any atom is 0.407 e. The molecule has 0 spiro atoms. The van der Waals surface area contributed by atoms with E-state index in [2.05, 4.69) is 5.32 Å². The van der Waals surface area contributed by atoms with Gasteiger partial charge >= 0.3 is 6.18 Å². The molecule has 1 N–H and O–H groups in total. The standard InChI is InChI=1S/C13H18F3NO/c1-7-6-10(12(17-4)13(14,15)16)8(2)9(3)11(7)18-5/h6,12,17H,1-5H3. The van der Waals surface area contributed by atoms with Gasteiger partial charge in [0, 0.05) is 0 Å². The third-order valence-electron chi connectivity index (χ3n) is 3.20. The summed E-state index contributed by atoms with van der Waals surface area (Å²) in [7, 11) is 2.83. The van der Waals surface area contributed by atoms with Crippen molar-refractivity contribution in [2.45, 2.75) is 33.0 Å². The van der Waals surface area contributed by atoms with Gasteiger partial charge < -0.3 is 10.1 Å². The fourth-order valence-corrected chi connectivity index (χ4v) is 2.20. The van der Waals surface area contributed by atoms with Crippen LogP contribution in [0.5, 0.6) is 5.75 Å². The third-order valence-corrected chi connectivity index (χ3v) is 3.20. The first-order chi connectivity index (χ1) is 8.23. The zero-order valence-corrected chi connectivity index (χ0v) is 11.2. The average Bonchev–Trinajstić information content (AvgIpc) is 2.25. The lowest BCUT2D eigenvalue weighted by Crippen LogP contribution is -2.32. The van der Waals surface area contributed by atoms with E-state index in [0.717, 1.165) is 5.56 Å². The minimum Gasteiger partial charge on any atom is -0.496 e. The van der Waals surface area contributed by atoms with Crippen molar-refractivity contribution < 1.29 is 17.9 Å². The highest BCUT2D eigenvalue weighted by Crippen LogP contribution is 2.38. The summed E-state index contributed by atoms with van der Waals surface area (Å²) in [5, 5.41) is 2.33. The predicted octanol–water partition coefficient (Wildman–Crippen LogP) is 3.44. The van der Waals surface area contributed by atoms with Crippen molar-refractivity contribution in [2.75, 3.05) is 14.2 Å². The van der Waals surface area contributed by atoms with Crippen LogP contribution in [-0.4, -0.2) is 20.3 Å². The van der Waals surface area contributed by atoms with E-state index < -0.39 is 12.2 Å². The Morgan fingerprint density at radius 3 is 2.11 bits per heavy atom. The maximum atomic E-state index is 12.9. The van der Waals surface area contributed by atoms with E-state index in [0.29, 0.717) is 16.9 Å². The number of hydrogen-bond acceptors (Lipinski definition) is 2. The van der Waals surface area contributed by atoms with Gasteiger partial charge in [-0.3, -0.25) is 0 Å². The fourth-order valence-electron chi connectivity index (χ4n) is 2.20. The molecule has 0 aliphatic rings. The zero-order chi connectivity index (χ0) is 14.1. The lowest BCUT2D eigenvalue weighted by Gasteiger charge is -2.24. The molecule has 0 aliphatic heterocycles. The Balaban J connectivity index is 3.43. The van der Waals surface area contributed by atoms with Crippen molar-refractivity contribution in [3.05, 3.63) is 28.3 Å². The second-order valence-corrected chi connectivity index (χ2v) is 4.33. The molecule has 0 heterocycles. The van der Waals surface area contributed by atoms with Crippen molar-refractivity contribution >= 4 is 0 Å². The number of aryl methyl sites for hydroxylation is 1. The highest BCUT2D eigenvalue weighted by molar-refractivity contribution is 5.50. The highest BCUT2D eigenvalue weighted by atomic mass is 19.4. The van der Waals surface area contributed by atoms with E-state index in [9.17, 15) is 13.2 Å². The molecule has 1 unspecified atom stereocenters. The molecule has 0 aromatic heterocycles. The molecule has 0 bridgehead atoms. The minimum absolute atomic E-state index is 0.251. The number of nitrogens with one attached hydrogen (secondary N) is 1. The Kier molecular flexibility index (Phi) is 4.27. The van der Waals surface area contributed by atoms with Crippen LogP contribution in [0.4, 0.5) is 13.2 Å². The predicted molar refractivity (Wildman–Crippen MR) is 65.1 cm³/mol. The van der Waals surface area contributed by atoms with Gasteiger partial charge in [-0.1, -0.05) is 6.07 Å². The van der Waals surface area contributed by atoms with Crippen molar-refractivity contribution in [1.82, 2.24) is 5.32 Å². The number of halogens is 3. The lowest BCUT2D eigenvalue weighted by atomic mass is 9.93. The van der Waals surface area contributed by atoms with Crippen molar-refractivity contribution in [1.29, 1.82) is 0 Å². The molecule has 0 saturated carbocycles. The van der Waals surface area contributed by atoms with Gasteiger partial charge in [-0.15, -0.1) is 0 Å². The summed E-state index contributed by atoms with van der Waals surface area (Å²) in [4.78, 5) is 0. The smallest absolute Gasteiger partial charge is 0.407 e. The molecular formula is C13H18F3NO. The molecule has 2 nitrogen and oxygen atoms in total. The minimum atomic E-state index is -4.31. The first-order valence-electron chi connectivity index (χ1n) is 5.62. The molecule has 1 aromatic rings. The van der Waals surface area contributed by atoms with Crippen molar-refractivity contribution in [3.63, 3.8) is 0 Å². The topological polar surface area (TPSA) is 21.3 Å². The van der Waals surface area contributed by atoms with E-state index in [4.69, 9.17) is 4.74 Å². The van der Waals surface area contributed by atoms with Crippen LogP contribution in [0.25, 0.3) is 0 Å². The van der Waals surface area contributed by atoms with Gasteiger partial charge in [0.1, 0.15) is 11.8 Å². The number of rotatable bonds is 3. The molecule has 1 atom stereocenters. The molecule has 0 aliphatic carbocycles. The first-order valence-corrected chi connectivity index (χ1v) is 5.62. The van der Waals surface area contributed by atoms with Crippen LogP contribution in [0.15, 0.2) is 6.07 Å². The monoisotopic (exact) mass is 261 g/mol. The fraction of sp³-hybridized carbons (Fsp3) is 0.538. The Bertz CT molecular complexity index is 441. The summed E-state index contributed by atoms with van der Waals surface area (Å²) in [6, 6.07) is -0.115.